The summed E-state index contributed by atoms with van der Waals surface area (Å²) >= 11 is 11.9. The molecule has 90 valence electrons. The third-order valence-corrected chi connectivity index (χ3v) is 2.95. The number of benzene rings is 1. The Bertz CT molecular complexity index is 527. The van der Waals surface area contributed by atoms with Crippen molar-refractivity contribution in [3.05, 3.63) is 45.7 Å². The summed E-state index contributed by atoms with van der Waals surface area (Å²) in [7, 11) is 1.77. The Morgan fingerprint density at radius 1 is 1.41 bits per heavy atom. The summed E-state index contributed by atoms with van der Waals surface area (Å²) in [5.74, 6) is 0. The number of rotatable bonds is 3. The van der Waals surface area contributed by atoms with Crippen molar-refractivity contribution < 1.29 is 5.11 Å². The summed E-state index contributed by atoms with van der Waals surface area (Å²) in [6.07, 6.45) is 1.37. The third-order valence-electron chi connectivity index (χ3n) is 2.37. The van der Waals surface area contributed by atoms with Gasteiger partial charge in [0.25, 0.3) is 0 Å². The van der Waals surface area contributed by atoms with E-state index >= 15 is 0 Å². The van der Waals surface area contributed by atoms with Gasteiger partial charge in [0.05, 0.1) is 11.8 Å². The molecule has 1 aromatic heterocycles. The summed E-state index contributed by atoms with van der Waals surface area (Å²) in [6.45, 7) is 0. The first-order chi connectivity index (χ1) is 8.06. The second-order valence-electron chi connectivity index (χ2n) is 3.77. The van der Waals surface area contributed by atoms with Gasteiger partial charge in [-0.25, -0.2) is 0 Å². The summed E-state index contributed by atoms with van der Waals surface area (Å²) < 4.78 is 1.58. The van der Waals surface area contributed by atoms with E-state index in [4.69, 9.17) is 23.2 Å². The molecule has 17 heavy (non-hydrogen) atoms. The van der Waals surface area contributed by atoms with Crippen LogP contribution in [0.2, 0.25) is 10.0 Å². The van der Waals surface area contributed by atoms with E-state index in [1.807, 2.05) is 0 Å². The van der Waals surface area contributed by atoms with E-state index in [1.54, 1.807) is 36.1 Å². The zero-order valence-corrected chi connectivity index (χ0v) is 10.7. The lowest BCUT2D eigenvalue weighted by Crippen LogP contribution is -2.03. The molecule has 0 saturated heterocycles. The number of aliphatic hydroxyl groups is 1. The predicted molar refractivity (Wildman–Crippen MR) is 66.1 cm³/mol. The molecule has 6 heteroatoms. The van der Waals surface area contributed by atoms with Crippen LogP contribution in [0.3, 0.4) is 0 Å². The van der Waals surface area contributed by atoms with Gasteiger partial charge in [0.1, 0.15) is 0 Å². The number of hydrogen-bond donors (Lipinski definition) is 1. The first kappa shape index (κ1) is 12.4. The molecule has 0 radical (unpaired) electrons. The molecule has 4 nitrogen and oxygen atoms in total. The maximum atomic E-state index is 10.1. The molecule has 0 saturated carbocycles. The summed E-state index contributed by atoms with van der Waals surface area (Å²) in [5, 5.41) is 18.8. The molecule has 1 heterocycles. The SMILES string of the molecule is Cn1cc(CC(O)c2cc(Cl)ccc2Cl)nn1. The highest BCUT2D eigenvalue weighted by Crippen LogP contribution is 2.27. The molecule has 0 spiro atoms. The van der Waals surface area contributed by atoms with Gasteiger partial charge in [-0.1, -0.05) is 28.4 Å². The first-order valence-corrected chi connectivity index (χ1v) is 5.80. The van der Waals surface area contributed by atoms with Gasteiger partial charge in [0.2, 0.25) is 0 Å². The van der Waals surface area contributed by atoms with Crippen molar-refractivity contribution in [3.8, 4) is 0 Å². The van der Waals surface area contributed by atoms with Crippen LogP contribution in [0, 0.1) is 0 Å². The fourth-order valence-electron chi connectivity index (χ4n) is 1.57. The smallest absolute Gasteiger partial charge is 0.0861 e. The number of aromatic nitrogens is 3. The van der Waals surface area contributed by atoms with Gasteiger partial charge in [-0.3, -0.25) is 4.68 Å². The van der Waals surface area contributed by atoms with E-state index in [0.717, 1.165) is 0 Å². The highest BCUT2D eigenvalue weighted by atomic mass is 35.5. The molecular formula is C11H11Cl2N3O. The first-order valence-electron chi connectivity index (χ1n) is 5.04. The molecule has 0 aliphatic carbocycles. The molecule has 2 aromatic rings. The van der Waals surface area contributed by atoms with Crippen LogP contribution in [0.5, 0.6) is 0 Å². The fraction of sp³-hybridized carbons (Fsp3) is 0.273. The Morgan fingerprint density at radius 3 is 2.82 bits per heavy atom. The average Bonchev–Trinajstić information content (AvgIpc) is 2.67. The van der Waals surface area contributed by atoms with Crippen molar-refractivity contribution >= 4 is 23.2 Å². The third kappa shape index (κ3) is 2.97. The van der Waals surface area contributed by atoms with E-state index in [0.29, 0.717) is 27.7 Å². The van der Waals surface area contributed by atoms with Gasteiger partial charge in [-0.15, -0.1) is 5.10 Å². The molecule has 2 rings (SSSR count). The number of aryl methyl sites for hydroxylation is 1. The van der Waals surface area contributed by atoms with Crippen LogP contribution in [0.15, 0.2) is 24.4 Å². The van der Waals surface area contributed by atoms with Gasteiger partial charge in [-0.2, -0.15) is 0 Å². The van der Waals surface area contributed by atoms with Crippen molar-refractivity contribution in [3.63, 3.8) is 0 Å². The highest BCUT2D eigenvalue weighted by molar-refractivity contribution is 6.33. The Hall–Kier alpha value is -1.10. The fourth-order valence-corrected chi connectivity index (χ4v) is 1.99. The van der Waals surface area contributed by atoms with E-state index < -0.39 is 6.10 Å². The Labute approximate surface area is 109 Å². The molecule has 0 fully saturated rings. The molecule has 0 amide bonds. The number of nitrogens with zero attached hydrogens (tertiary/aromatic N) is 3. The monoisotopic (exact) mass is 271 g/mol. The van der Waals surface area contributed by atoms with Gasteiger partial charge in [0, 0.05) is 35.3 Å². The van der Waals surface area contributed by atoms with Crippen LogP contribution in [0.4, 0.5) is 0 Å². The minimum absolute atomic E-state index is 0.355. The zero-order valence-electron chi connectivity index (χ0n) is 9.14. The van der Waals surface area contributed by atoms with Gasteiger partial charge in [0.15, 0.2) is 0 Å². The standard InChI is InChI=1S/C11H11Cl2N3O/c1-16-6-8(14-15-16)5-11(17)9-4-7(12)2-3-10(9)13/h2-4,6,11,17H,5H2,1H3. The minimum Gasteiger partial charge on any atom is -0.388 e. The van der Waals surface area contributed by atoms with Crippen LogP contribution >= 0.6 is 23.2 Å². The maximum absolute atomic E-state index is 10.1. The second kappa shape index (κ2) is 5.04. The highest BCUT2D eigenvalue weighted by Gasteiger charge is 2.14. The van der Waals surface area contributed by atoms with Crippen molar-refractivity contribution in [2.24, 2.45) is 7.05 Å². The van der Waals surface area contributed by atoms with Crippen molar-refractivity contribution in [1.29, 1.82) is 0 Å². The molecule has 0 aliphatic rings. The minimum atomic E-state index is -0.738. The van der Waals surface area contributed by atoms with Crippen molar-refractivity contribution in [2.75, 3.05) is 0 Å². The molecule has 1 atom stereocenters. The van der Waals surface area contributed by atoms with E-state index in [1.165, 1.54) is 0 Å². The molecule has 1 aromatic carbocycles. The lowest BCUT2D eigenvalue weighted by atomic mass is 10.1. The van der Waals surface area contributed by atoms with Crippen molar-refractivity contribution in [1.82, 2.24) is 15.0 Å². The van der Waals surface area contributed by atoms with Crippen LogP contribution < -0.4 is 0 Å². The predicted octanol–water partition coefficient (Wildman–Crippen LogP) is 2.40. The van der Waals surface area contributed by atoms with Crippen LogP contribution in [-0.4, -0.2) is 20.1 Å². The second-order valence-corrected chi connectivity index (χ2v) is 4.61. The van der Waals surface area contributed by atoms with Crippen LogP contribution in [0.25, 0.3) is 0 Å². The summed E-state index contributed by atoms with van der Waals surface area (Å²) in [5.41, 5.74) is 1.31. The number of halogens is 2. The van der Waals surface area contributed by atoms with E-state index in [9.17, 15) is 5.11 Å². The molecule has 1 unspecified atom stereocenters. The van der Waals surface area contributed by atoms with Crippen LogP contribution in [0.1, 0.15) is 17.4 Å². The topological polar surface area (TPSA) is 50.9 Å². The molecule has 1 N–H and O–H groups in total. The summed E-state index contributed by atoms with van der Waals surface area (Å²) in [4.78, 5) is 0. The van der Waals surface area contributed by atoms with Crippen molar-refractivity contribution in [2.45, 2.75) is 12.5 Å². The average molecular weight is 272 g/mol. The molecular weight excluding hydrogens is 261 g/mol. The number of aliphatic hydroxyl groups excluding tert-OH is 1. The molecule has 0 aliphatic heterocycles. The van der Waals surface area contributed by atoms with E-state index in [-0.39, 0.29) is 0 Å². The Balaban J connectivity index is 2.19. The van der Waals surface area contributed by atoms with E-state index in [2.05, 4.69) is 10.3 Å². The Morgan fingerprint density at radius 2 is 2.18 bits per heavy atom. The largest absolute Gasteiger partial charge is 0.388 e. The van der Waals surface area contributed by atoms with Crippen LogP contribution in [-0.2, 0) is 13.5 Å². The summed E-state index contributed by atoms with van der Waals surface area (Å²) in [6, 6.07) is 5.01. The quantitative estimate of drug-likeness (QED) is 0.933. The Kier molecular flexibility index (Phi) is 3.66. The molecule has 0 bridgehead atoms. The lowest BCUT2D eigenvalue weighted by molar-refractivity contribution is 0.177. The number of hydrogen-bond acceptors (Lipinski definition) is 3. The normalized spacial score (nSPS) is 12.7. The zero-order chi connectivity index (χ0) is 12.4. The van der Waals surface area contributed by atoms with Gasteiger partial charge in [-0.05, 0) is 18.2 Å². The lowest BCUT2D eigenvalue weighted by Gasteiger charge is -2.11. The van der Waals surface area contributed by atoms with Gasteiger partial charge >= 0.3 is 0 Å². The van der Waals surface area contributed by atoms with Gasteiger partial charge < -0.3 is 5.11 Å². The maximum Gasteiger partial charge on any atom is 0.0861 e.